The Balaban J connectivity index is 0.00000169. The van der Waals surface area contributed by atoms with Crippen LogP contribution in [0.2, 0.25) is 5.02 Å². The molecular weight excluding hydrogens is 231 g/mol. The van der Waals surface area contributed by atoms with Gasteiger partial charge < -0.3 is 5.73 Å². The minimum absolute atomic E-state index is 0. The molecule has 0 radical (unpaired) electrons. The molecule has 0 saturated heterocycles. The van der Waals surface area contributed by atoms with E-state index in [-0.39, 0.29) is 23.0 Å². The number of nitrogens with two attached hydrogens (primary N) is 1. The van der Waals surface area contributed by atoms with Gasteiger partial charge in [-0.05, 0) is 18.6 Å². The third-order valence-corrected chi connectivity index (χ3v) is 2.17. The monoisotopic (exact) mass is 241 g/mol. The van der Waals surface area contributed by atoms with Gasteiger partial charge in [-0.15, -0.1) is 12.4 Å². The molecular formula is C9H11Cl2F2N. The van der Waals surface area contributed by atoms with Crippen molar-refractivity contribution in [3.63, 3.8) is 0 Å². The second kappa shape index (κ2) is 5.49. The number of hydrogen-bond acceptors (Lipinski definition) is 1. The quantitative estimate of drug-likeness (QED) is 0.789. The molecule has 0 aliphatic heterocycles. The number of halogens is 4. The van der Waals surface area contributed by atoms with Gasteiger partial charge in [0.2, 0.25) is 0 Å². The summed E-state index contributed by atoms with van der Waals surface area (Å²) < 4.78 is 26.0. The zero-order valence-electron chi connectivity index (χ0n) is 7.56. The predicted octanol–water partition coefficient (Wildman–Crippen LogP) is 3.45. The Labute approximate surface area is 92.7 Å². The van der Waals surface area contributed by atoms with Crippen molar-refractivity contribution in [2.45, 2.75) is 19.4 Å². The van der Waals surface area contributed by atoms with Gasteiger partial charge >= 0.3 is 0 Å². The van der Waals surface area contributed by atoms with Crippen LogP contribution in [-0.4, -0.2) is 0 Å². The molecule has 1 aromatic rings. The van der Waals surface area contributed by atoms with Gasteiger partial charge in [-0.3, -0.25) is 0 Å². The fraction of sp³-hybridized carbons (Fsp3) is 0.333. The van der Waals surface area contributed by atoms with E-state index in [0.29, 0.717) is 6.42 Å². The first-order valence-corrected chi connectivity index (χ1v) is 4.34. The molecule has 5 heteroatoms. The maximum atomic E-state index is 13.1. The molecule has 0 aromatic heterocycles. The first kappa shape index (κ1) is 13.6. The highest BCUT2D eigenvalue weighted by atomic mass is 35.5. The lowest BCUT2D eigenvalue weighted by Gasteiger charge is -2.10. The summed E-state index contributed by atoms with van der Waals surface area (Å²) >= 11 is 5.38. The van der Waals surface area contributed by atoms with Gasteiger partial charge in [-0.25, -0.2) is 8.78 Å². The van der Waals surface area contributed by atoms with Gasteiger partial charge in [-0.2, -0.15) is 0 Å². The van der Waals surface area contributed by atoms with E-state index in [1.807, 2.05) is 0 Å². The molecule has 0 aliphatic rings. The number of rotatable bonds is 2. The van der Waals surface area contributed by atoms with Crippen LogP contribution in [0.25, 0.3) is 0 Å². The minimum Gasteiger partial charge on any atom is -0.324 e. The maximum Gasteiger partial charge on any atom is 0.142 e. The summed E-state index contributed by atoms with van der Waals surface area (Å²) in [7, 11) is 0. The summed E-state index contributed by atoms with van der Waals surface area (Å²) in [6.45, 7) is 1.80. The van der Waals surface area contributed by atoms with Gasteiger partial charge in [0.1, 0.15) is 11.6 Å². The van der Waals surface area contributed by atoms with Gasteiger partial charge in [0.05, 0.1) is 5.02 Å². The third-order valence-electron chi connectivity index (χ3n) is 1.88. The fourth-order valence-electron chi connectivity index (χ4n) is 1.04. The lowest BCUT2D eigenvalue weighted by atomic mass is 10.0. The molecule has 0 fully saturated rings. The predicted molar refractivity (Wildman–Crippen MR) is 55.8 cm³/mol. The van der Waals surface area contributed by atoms with Gasteiger partial charge in [0, 0.05) is 11.6 Å². The summed E-state index contributed by atoms with van der Waals surface area (Å²) in [6.07, 6.45) is 0.554. The summed E-state index contributed by atoms with van der Waals surface area (Å²) in [5.41, 5.74) is 5.74. The molecule has 2 N–H and O–H groups in total. The van der Waals surface area contributed by atoms with Gasteiger partial charge in [0.15, 0.2) is 0 Å². The lowest BCUT2D eigenvalue weighted by Crippen LogP contribution is -2.11. The molecule has 80 valence electrons. The summed E-state index contributed by atoms with van der Waals surface area (Å²) in [6, 6.07) is 1.51. The Kier molecular flexibility index (Phi) is 5.34. The first-order valence-electron chi connectivity index (χ1n) is 3.96. The summed E-state index contributed by atoms with van der Waals surface area (Å²) in [5, 5.41) is -0.218. The highest BCUT2D eigenvalue weighted by molar-refractivity contribution is 6.30. The Morgan fingerprint density at radius 1 is 1.36 bits per heavy atom. The van der Waals surface area contributed by atoms with Crippen molar-refractivity contribution in [2.24, 2.45) is 5.73 Å². The molecule has 0 heterocycles. The van der Waals surface area contributed by atoms with Crippen LogP contribution < -0.4 is 5.73 Å². The highest BCUT2D eigenvalue weighted by Gasteiger charge is 2.13. The van der Waals surface area contributed by atoms with Crippen LogP contribution in [0.4, 0.5) is 8.78 Å². The maximum absolute atomic E-state index is 13.1. The molecule has 1 rings (SSSR count). The molecule has 0 unspecified atom stereocenters. The molecule has 0 amide bonds. The van der Waals surface area contributed by atoms with Crippen molar-refractivity contribution in [1.82, 2.24) is 0 Å². The van der Waals surface area contributed by atoms with Gasteiger partial charge in [0.25, 0.3) is 0 Å². The molecule has 0 bridgehead atoms. The minimum atomic E-state index is -0.637. The molecule has 1 nitrogen and oxygen atoms in total. The van der Waals surface area contributed by atoms with Crippen LogP contribution in [0.15, 0.2) is 12.1 Å². The average Bonchev–Trinajstić information content (AvgIpc) is 2.10. The SMILES string of the molecule is CC[C@@H](N)c1cc(F)c(Cl)cc1F.Cl. The van der Waals surface area contributed by atoms with Crippen molar-refractivity contribution in [2.75, 3.05) is 0 Å². The Hall–Kier alpha value is -0.380. The van der Waals surface area contributed by atoms with E-state index in [9.17, 15) is 8.78 Å². The molecule has 0 saturated carbocycles. The Morgan fingerprint density at radius 3 is 2.43 bits per heavy atom. The second-order valence-electron chi connectivity index (χ2n) is 2.80. The van der Waals surface area contributed by atoms with E-state index in [4.69, 9.17) is 17.3 Å². The van der Waals surface area contributed by atoms with E-state index in [1.165, 1.54) is 0 Å². The highest BCUT2D eigenvalue weighted by Crippen LogP contribution is 2.23. The van der Waals surface area contributed by atoms with Crippen molar-refractivity contribution in [3.8, 4) is 0 Å². The fourth-order valence-corrected chi connectivity index (χ4v) is 1.19. The first-order chi connectivity index (χ1) is 6.06. The molecule has 0 spiro atoms. The van der Waals surface area contributed by atoms with Crippen LogP contribution in [-0.2, 0) is 0 Å². The van der Waals surface area contributed by atoms with Crippen LogP contribution in [0.1, 0.15) is 24.9 Å². The van der Waals surface area contributed by atoms with Crippen LogP contribution in [0.3, 0.4) is 0 Å². The van der Waals surface area contributed by atoms with E-state index < -0.39 is 17.7 Å². The topological polar surface area (TPSA) is 26.0 Å². The van der Waals surface area contributed by atoms with Crippen molar-refractivity contribution < 1.29 is 8.78 Å². The smallest absolute Gasteiger partial charge is 0.142 e. The molecule has 1 atom stereocenters. The largest absolute Gasteiger partial charge is 0.324 e. The second-order valence-corrected chi connectivity index (χ2v) is 3.21. The van der Waals surface area contributed by atoms with Crippen molar-refractivity contribution in [3.05, 3.63) is 34.4 Å². The molecule has 14 heavy (non-hydrogen) atoms. The number of benzene rings is 1. The third kappa shape index (κ3) is 2.80. The zero-order valence-corrected chi connectivity index (χ0v) is 9.13. The van der Waals surface area contributed by atoms with E-state index in [2.05, 4.69) is 0 Å². The van der Waals surface area contributed by atoms with Crippen LogP contribution >= 0.6 is 24.0 Å². The normalized spacial score (nSPS) is 12.1. The van der Waals surface area contributed by atoms with E-state index in [1.54, 1.807) is 6.92 Å². The Bertz CT molecular complexity index is 318. The van der Waals surface area contributed by atoms with Crippen molar-refractivity contribution in [1.29, 1.82) is 0 Å². The van der Waals surface area contributed by atoms with E-state index in [0.717, 1.165) is 12.1 Å². The average molecular weight is 242 g/mol. The number of hydrogen-bond donors (Lipinski definition) is 1. The van der Waals surface area contributed by atoms with Crippen molar-refractivity contribution >= 4 is 24.0 Å². The van der Waals surface area contributed by atoms with Crippen LogP contribution in [0.5, 0.6) is 0 Å². The standard InChI is InChI=1S/C9H10ClF2N.ClH/c1-2-9(13)5-3-8(12)6(10)4-7(5)11;/h3-4,9H,2,13H2,1H3;1H/t9-;/m1./s1. The molecule has 1 aromatic carbocycles. The summed E-state index contributed by atoms with van der Waals surface area (Å²) in [4.78, 5) is 0. The molecule has 0 aliphatic carbocycles. The summed E-state index contributed by atoms with van der Waals surface area (Å²) in [5.74, 6) is -1.19. The zero-order chi connectivity index (χ0) is 10.0. The Morgan fingerprint density at radius 2 is 1.93 bits per heavy atom. The lowest BCUT2D eigenvalue weighted by molar-refractivity contribution is 0.557. The van der Waals surface area contributed by atoms with E-state index >= 15 is 0 Å². The van der Waals surface area contributed by atoms with Crippen LogP contribution in [0, 0.1) is 11.6 Å². The van der Waals surface area contributed by atoms with Gasteiger partial charge in [-0.1, -0.05) is 18.5 Å².